The van der Waals surface area contributed by atoms with Gasteiger partial charge in [0, 0.05) is 11.6 Å². The molecule has 0 aliphatic rings. The van der Waals surface area contributed by atoms with E-state index in [0.29, 0.717) is 11.3 Å². The number of hydrogen-bond donors (Lipinski definition) is 1. The summed E-state index contributed by atoms with van der Waals surface area (Å²) in [6.45, 7) is 0. The second-order valence-corrected chi connectivity index (χ2v) is 4.48. The van der Waals surface area contributed by atoms with Crippen molar-refractivity contribution in [3.63, 3.8) is 0 Å². The predicted octanol–water partition coefficient (Wildman–Crippen LogP) is 4.20. The van der Waals surface area contributed by atoms with Crippen LogP contribution in [0.4, 0.5) is 17.6 Å². The minimum atomic E-state index is -4.76. The van der Waals surface area contributed by atoms with Crippen molar-refractivity contribution in [2.24, 2.45) is 5.73 Å². The van der Waals surface area contributed by atoms with Crippen LogP contribution in [0.3, 0.4) is 0 Å². The highest BCUT2D eigenvalue weighted by molar-refractivity contribution is 5.85. The number of alkyl halides is 3. The highest BCUT2D eigenvalue weighted by atomic mass is 35.5. The summed E-state index contributed by atoms with van der Waals surface area (Å²) in [6.07, 6.45) is -4.76. The molecule has 0 heterocycles. The van der Waals surface area contributed by atoms with Crippen molar-refractivity contribution >= 4 is 12.4 Å². The maximum Gasteiger partial charge on any atom is 0.573 e. The Kier molecular flexibility index (Phi) is 6.23. The SMILES string of the molecule is COc1ccc([C@H](N)c2ccc(OC(F)(F)F)cc2)c(F)c1.Cl. The molecule has 2 rings (SSSR count). The molecule has 0 aromatic heterocycles. The van der Waals surface area contributed by atoms with Gasteiger partial charge in [-0.1, -0.05) is 18.2 Å². The van der Waals surface area contributed by atoms with Gasteiger partial charge >= 0.3 is 6.36 Å². The summed E-state index contributed by atoms with van der Waals surface area (Å²) in [4.78, 5) is 0. The average molecular weight is 352 g/mol. The number of ether oxygens (including phenoxy) is 2. The number of benzene rings is 2. The molecule has 0 spiro atoms. The average Bonchev–Trinajstić information content (AvgIpc) is 2.45. The van der Waals surface area contributed by atoms with Crippen molar-refractivity contribution < 1.29 is 27.0 Å². The van der Waals surface area contributed by atoms with Gasteiger partial charge in [0.1, 0.15) is 17.3 Å². The Labute approximate surface area is 136 Å². The molecular formula is C15H14ClF4NO2. The molecule has 8 heteroatoms. The van der Waals surface area contributed by atoms with E-state index in [1.54, 1.807) is 6.07 Å². The fraction of sp³-hybridized carbons (Fsp3) is 0.200. The minimum absolute atomic E-state index is 0. The van der Waals surface area contributed by atoms with Crippen LogP contribution < -0.4 is 15.2 Å². The van der Waals surface area contributed by atoms with Crippen molar-refractivity contribution in [2.45, 2.75) is 12.4 Å². The van der Waals surface area contributed by atoms with Crippen molar-refractivity contribution in [2.75, 3.05) is 7.11 Å². The van der Waals surface area contributed by atoms with Crippen LogP contribution in [-0.2, 0) is 0 Å². The monoisotopic (exact) mass is 351 g/mol. The number of methoxy groups -OCH3 is 1. The third kappa shape index (κ3) is 5.01. The molecule has 0 aliphatic heterocycles. The molecule has 2 aromatic carbocycles. The zero-order valence-corrected chi connectivity index (χ0v) is 12.7. The second-order valence-electron chi connectivity index (χ2n) is 4.48. The molecule has 3 nitrogen and oxygen atoms in total. The molecule has 0 saturated carbocycles. The molecule has 0 fully saturated rings. The molecule has 0 bridgehead atoms. The summed E-state index contributed by atoms with van der Waals surface area (Å²) in [5, 5.41) is 0. The lowest BCUT2D eigenvalue weighted by Gasteiger charge is -2.15. The van der Waals surface area contributed by atoms with Gasteiger partial charge in [0.25, 0.3) is 0 Å². The molecule has 1 atom stereocenters. The largest absolute Gasteiger partial charge is 0.573 e. The Hall–Kier alpha value is -1.99. The summed E-state index contributed by atoms with van der Waals surface area (Å²) in [7, 11) is 1.41. The molecular weight excluding hydrogens is 338 g/mol. The van der Waals surface area contributed by atoms with Crippen molar-refractivity contribution in [3.05, 3.63) is 59.4 Å². The standard InChI is InChI=1S/C15H13F4NO2.ClH/c1-21-11-6-7-12(13(16)8-11)14(20)9-2-4-10(5-3-9)22-15(17,18)19;/h2-8,14H,20H2,1H3;1H/t14-;/m1./s1. The maximum atomic E-state index is 13.9. The smallest absolute Gasteiger partial charge is 0.497 e. The number of halogens is 5. The Morgan fingerprint density at radius 1 is 1.00 bits per heavy atom. The van der Waals surface area contributed by atoms with E-state index in [2.05, 4.69) is 4.74 Å². The van der Waals surface area contributed by atoms with Crippen LogP contribution in [0.5, 0.6) is 11.5 Å². The zero-order valence-electron chi connectivity index (χ0n) is 11.9. The van der Waals surface area contributed by atoms with Crippen LogP contribution in [-0.4, -0.2) is 13.5 Å². The van der Waals surface area contributed by atoms with E-state index in [1.807, 2.05) is 0 Å². The number of rotatable bonds is 4. The fourth-order valence-electron chi connectivity index (χ4n) is 1.94. The Bertz CT molecular complexity index is 647. The molecule has 2 N–H and O–H groups in total. The van der Waals surface area contributed by atoms with E-state index in [9.17, 15) is 17.6 Å². The molecule has 2 aromatic rings. The topological polar surface area (TPSA) is 44.5 Å². The van der Waals surface area contributed by atoms with Gasteiger partial charge in [0.05, 0.1) is 13.2 Å². The van der Waals surface area contributed by atoms with Crippen molar-refractivity contribution in [1.29, 1.82) is 0 Å². The summed E-state index contributed by atoms with van der Waals surface area (Å²) >= 11 is 0. The van der Waals surface area contributed by atoms with Crippen molar-refractivity contribution in [3.8, 4) is 11.5 Å². The summed E-state index contributed by atoms with van der Waals surface area (Å²) in [6, 6.07) is 8.37. The van der Waals surface area contributed by atoms with E-state index in [-0.39, 0.29) is 23.7 Å². The molecule has 126 valence electrons. The lowest BCUT2D eigenvalue weighted by molar-refractivity contribution is -0.274. The van der Waals surface area contributed by atoms with Gasteiger partial charge < -0.3 is 15.2 Å². The van der Waals surface area contributed by atoms with E-state index in [4.69, 9.17) is 10.5 Å². The summed E-state index contributed by atoms with van der Waals surface area (Å²) < 4.78 is 58.8. The van der Waals surface area contributed by atoms with Crippen LogP contribution in [0.25, 0.3) is 0 Å². The van der Waals surface area contributed by atoms with Gasteiger partial charge in [-0.3, -0.25) is 0 Å². The maximum absolute atomic E-state index is 13.9. The minimum Gasteiger partial charge on any atom is -0.497 e. The molecule has 23 heavy (non-hydrogen) atoms. The van der Waals surface area contributed by atoms with Gasteiger partial charge in [-0.05, 0) is 23.8 Å². The first-order valence-electron chi connectivity index (χ1n) is 6.25. The summed E-state index contributed by atoms with van der Waals surface area (Å²) in [5.41, 5.74) is 6.61. The van der Waals surface area contributed by atoms with E-state index in [1.165, 1.54) is 31.4 Å². The fourth-order valence-corrected chi connectivity index (χ4v) is 1.94. The summed E-state index contributed by atoms with van der Waals surface area (Å²) in [5.74, 6) is -0.566. The van der Waals surface area contributed by atoms with Gasteiger partial charge in [-0.25, -0.2) is 4.39 Å². The first-order valence-corrected chi connectivity index (χ1v) is 6.25. The number of nitrogens with two attached hydrogens (primary N) is 1. The van der Waals surface area contributed by atoms with E-state index in [0.717, 1.165) is 12.1 Å². The van der Waals surface area contributed by atoms with Crippen LogP contribution in [0.15, 0.2) is 42.5 Å². The Balaban J connectivity index is 0.00000264. The lowest BCUT2D eigenvalue weighted by Crippen LogP contribution is -2.17. The first-order chi connectivity index (χ1) is 10.3. The molecule has 0 amide bonds. The van der Waals surface area contributed by atoms with Crippen LogP contribution >= 0.6 is 12.4 Å². The lowest BCUT2D eigenvalue weighted by atomic mass is 9.99. The van der Waals surface area contributed by atoms with Crippen LogP contribution in [0.2, 0.25) is 0 Å². The van der Waals surface area contributed by atoms with Gasteiger partial charge in [0.2, 0.25) is 0 Å². The van der Waals surface area contributed by atoms with Gasteiger partial charge in [0.15, 0.2) is 0 Å². The molecule has 0 aliphatic carbocycles. The normalized spacial score (nSPS) is 12.3. The molecule has 0 unspecified atom stereocenters. The first kappa shape index (κ1) is 19.1. The highest BCUT2D eigenvalue weighted by Gasteiger charge is 2.31. The Morgan fingerprint density at radius 2 is 1.57 bits per heavy atom. The van der Waals surface area contributed by atoms with Crippen molar-refractivity contribution in [1.82, 2.24) is 0 Å². The van der Waals surface area contributed by atoms with E-state index < -0.39 is 18.2 Å². The number of hydrogen-bond acceptors (Lipinski definition) is 3. The van der Waals surface area contributed by atoms with Crippen LogP contribution in [0, 0.1) is 5.82 Å². The quantitative estimate of drug-likeness (QED) is 0.839. The third-order valence-corrected chi connectivity index (χ3v) is 3.02. The van der Waals surface area contributed by atoms with Gasteiger partial charge in [-0.15, -0.1) is 25.6 Å². The predicted molar refractivity (Wildman–Crippen MR) is 79.4 cm³/mol. The van der Waals surface area contributed by atoms with Crippen LogP contribution in [0.1, 0.15) is 17.2 Å². The third-order valence-electron chi connectivity index (χ3n) is 3.02. The zero-order chi connectivity index (χ0) is 16.3. The second kappa shape index (κ2) is 7.52. The highest BCUT2D eigenvalue weighted by Crippen LogP contribution is 2.28. The molecule has 0 saturated heterocycles. The van der Waals surface area contributed by atoms with E-state index >= 15 is 0 Å². The molecule has 0 radical (unpaired) electrons. The Morgan fingerprint density at radius 3 is 2.04 bits per heavy atom. The van der Waals surface area contributed by atoms with Gasteiger partial charge in [-0.2, -0.15) is 0 Å².